The standard InChI is InChI=1S/C16H16N4O/c1-12-10-13(11-15(18)19-12)16(21)20(9-5-8-17)14-6-3-2-4-7-14/h2-4,6-7,10-11H,5,9H2,1H3,(H2,18,19). The Balaban J connectivity index is 2.36. The van der Waals surface area contributed by atoms with Crippen molar-refractivity contribution in [2.75, 3.05) is 17.2 Å². The Morgan fingerprint density at radius 1 is 1.33 bits per heavy atom. The van der Waals surface area contributed by atoms with Crippen LogP contribution in [0.25, 0.3) is 0 Å². The molecular weight excluding hydrogens is 264 g/mol. The number of carbonyl (C=O) groups excluding carboxylic acids is 1. The minimum Gasteiger partial charge on any atom is -0.384 e. The molecule has 0 fully saturated rings. The van der Waals surface area contributed by atoms with Gasteiger partial charge in [0.1, 0.15) is 5.82 Å². The van der Waals surface area contributed by atoms with E-state index in [1.165, 1.54) is 0 Å². The molecule has 0 unspecified atom stereocenters. The molecule has 0 saturated carbocycles. The van der Waals surface area contributed by atoms with Crippen LogP contribution in [-0.4, -0.2) is 17.4 Å². The van der Waals surface area contributed by atoms with E-state index in [4.69, 9.17) is 11.0 Å². The van der Waals surface area contributed by atoms with Crippen LogP contribution in [0.5, 0.6) is 0 Å². The second kappa shape index (κ2) is 6.53. The minimum atomic E-state index is -0.186. The van der Waals surface area contributed by atoms with E-state index in [0.29, 0.717) is 23.6 Å². The third-order valence-corrected chi connectivity index (χ3v) is 2.98. The van der Waals surface area contributed by atoms with E-state index in [2.05, 4.69) is 11.1 Å². The van der Waals surface area contributed by atoms with Crippen LogP contribution in [0.2, 0.25) is 0 Å². The van der Waals surface area contributed by atoms with Crippen molar-refractivity contribution in [2.45, 2.75) is 13.3 Å². The minimum absolute atomic E-state index is 0.186. The van der Waals surface area contributed by atoms with Gasteiger partial charge in [0.25, 0.3) is 5.91 Å². The second-order valence-electron chi connectivity index (χ2n) is 4.62. The van der Waals surface area contributed by atoms with Crippen LogP contribution in [0.15, 0.2) is 42.5 Å². The number of nitrogen functional groups attached to an aromatic ring is 1. The largest absolute Gasteiger partial charge is 0.384 e. The molecule has 2 aromatic rings. The van der Waals surface area contributed by atoms with Crippen molar-refractivity contribution >= 4 is 17.4 Å². The van der Waals surface area contributed by atoms with Gasteiger partial charge in [0, 0.05) is 23.5 Å². The number of pyridine rings is 1. The lowest BCUT2D eigenvalue weighted by atomic mass is 10.1. The Labute approximate surface area is 123 Å². The smallest absolute Gasteiger partial charge is 0.258 e. The van der Waals surface area contributed by atoms with Crippen molar-refractivity contribution in [3.63, 3.8) is 0 Å². The van der Waals surface area contributed by atoms with Gasteiger partial charge in [-0.05, 0) is 31.2 Å². The number of carbonyl (C=O) groups is 1. The van der Waals surface area contributed by atoms with E-state index in [1.54, 1.807) is 24.0 Å². The van der Waals surface area contributed by atoms with E-state index in [-0.39, 0.29) is 12.3 Å². The highest BCUT2D eigenvalue weighted by atomic mass is 16.2. The number of hydrogen-bond acceptors (Lipinski definition) is 4. The van der Waals surface area contributed by atoms with Crippen LogP contribution in [0.3, 0.4) is 0 Å². The highest BCUT2D eigenvalue weighted by molar-refractivity contribution is 6.06. The Morgan fingerprint density at radius 3 is 2.67 bits per heavy atom. The average Bonchev–Trinajstić information content (AvgIpc) is 2.47. The predicted octanol–water partition coefficient (Wildman–Crippen LogP) is 2.53. The molecule has 0 atom stereocenters. The summed E-state index contributed by atoms with van der Waals surface area (Å²) < 4.78 is 0. The van der Waals surface area contributed by atoms with Gasteiger partial charge >= 0.3 is 0 Å². The molecular formula is C16H16N4O. The number of benzene rings is 1. The van der Waals surface area contributed by atoms with Gasteiger partial charge in [0.05, 0.1) is 12.5 Å². The number of rotatable bonds is 4. The van der Waals surface area contributed by atoms with E-state index >= 15 is 0 Å². The van der Waals surface area contributed by atoms with E-state index < -0.39 is 0 Å². The molecule has 1 amide bonds. The predicted molar refractivity (Wildman–Crippen MR) is 81.7 cm³/mol. The number of hydrogen-bond donors (Lipinski definition) is 1. The lowest BCUT2D eigenvalue weighted by molar-refractivity contribution is 0.0987. The Kier molecular flexibility index (Phi) is 4.52. The van der Waals surface area contributed by atoms with Gasteiger partial charge in [-0.15, -0.1) is 0 Å². The van der Waals surface area contributed by atoms with Gasteiger partial charge in [0.2, 0.25) is 0 Å². The van der Waals surface area contributed by atoms with Crippen LogP contribution in [-0.2, 0) is 0 Å². The maximum absolute atomic E-state index is 12.7. The van der Waals surface area contributed by atoms with Gasteiger partial charge in [0.15, 0.2) is 0 Å². The molecule has 0 radical (unpaired) electrons. The van der Waals surface area contributed by atoms with E-state index in [9.17, 15) is 4.79 Å². The van der Waals surface area contributed by atoms with Crippen molar-refractivity contribution in [2.24, 2.45) is 0 Å². The number of amides is 1. The quantitative estimate of drug-likeness (QED) is 0.932. The Morgan fingerprint density at radius 2 is 2.05 bits per heavy atom. The molecule has 5 nitrogen and oxygen atoms in total. The van der Waals surface area contributed by atoms with Crippen LogP contribution < -0.4 is 10.6 Å². The molecule has 106 valence electrons. The number of nitrogens with zero attached hydrogens (tertiary/aromatic N) is 3. The van der Waals surface area contributed by atoms with Crippen molar-refractivity contribution in [1.29, 1.82) is 5.26 Å². The second-order valence-corrected chi connectivity index (χ2v) is 4.62. The van der Waals surface area contributed by atoms with Crippen molar-refractivity contribution in [3.8, 4) is 6.07 Å². The SMILES string of the molecule is Cc1cc(C(=O)N(CCC#N)c2ccccc2)cc(N)n1. The van der Waals surface area contributed by atoms with Crippen LogP contribution in [0, 0.1) is 18.3 Å². The lowest BCUT2D eigenvalue weighted by Gasteiger charge is -2.22. The summed E-state index contributed by atoms with van der Waals surface area (Å²) in [5.74, 6) is 0.125. The molecule has 1 aromatic carbocycles. The summed E-state index contributed by atoms with van der Waals surface area (Å²) in [5, 5.41) is 8.78. The number of aryl methyl sites for hydroxylation is 1. The van der Waals surface area contributed by atoms with Crippen LogP contribution >= 0.6 is 0 Å². The average molecular weight is 280 g/mol. The summed E-state index contributed by atoms with van der Waals surface area (Å²) >= 11 is 0. The molecule has 1 heterocycles. The van der Waals surface area contributed by atoms with Gasteiger partial charge in [-0.25, -0.2) is 4.98 Å². The zero-order valence-corrected chi connectivity index (χ0v) is 11.8. The molecule has 0 aliphatic rings. The maximum atomic E-state index is 12.7. The topological polar surface area (TPSA) is 83.0 Å². The fraction of sp³-hybridized carbons (Fsp3) is 0.188. The maximum Gasteiger partial charge on any atom is 0.258 e. The first-order valence-corrected chi connectivity index (χ1v) is 6.60. The molecule has 0 saturated heterocycles. The third kappa shape index (κ3) is 3.57. The van der Waals surface area contributed by atoms with Gasteiger partial charge in [-0.1, -0.05) is 18.2 Å². The normalized spacial score (nSPS) is 9.90. The van der Waals surface area contributed by atoms with Crippen LogP contribution in [0.1, 0.15) is 22.5 Å². The van der Waals surface area contributed by atoms with Gasteiger partial charge in [-0.2, -0.15) is 5.26 Å². The number of para-hydroxylation sites is 1. The van der Waals surface area contributed by atoms with Crippen molar-refractivity contribution in [3.05, 3.63) is 53.7 Å². The summed E-state index contributed by atoms with van der Waals surface area (Å²) in [6.45, 7) is 2.12. The summed E-state index contributed by atoms with van der Waals surface area (Å²) in [5.41, 5.74) is 7.62. The van der Waals surface area contributed by atoms with Crippen molar-refractivity contribution in [1.82, 2.24) is 4.98 Å². The first-order valence-electron chi connectivity index (χ1n) is 6.60. The fourth-order valence-electron chi connectivity index (χ4n) is 2.09. The highest BCUT2D eigenvalue weighted by Crippen LogP contribution is 2.18. The summed E-state index contributed by atoms with van der Waals surface area (Å²) in [7, 11) is 0. The van der Waals surface area contributed by atoms with Gasteiger partial charge < -0.3 is 10.6 Å². The van der Waals surface area contributed by atoms with Crippen LogP contribution in [0.4, 0.5) is 11.5 Å². The highest BCUT2D eigenvalue weighted by Gasteiger charge is 2.18. The van der Waals surface area contributed by atoms with Crippen molar-refractivity contribution < 1.29 is 4.79 Å². The number of aromatic nitrogens is 1. The monoisotopic (exact) mass is 280 g/mol. The first-order chi connectivity index (χ1) is 10.1. The Bertz CT molecular complexity index is 656. The molecule has 5 heteroatoms. The summed E-state index contributed by atoms with van der Waals surface area (Å²) in [6.07, 6.45) is 0.264. The molecule has 2 rings (SSSR count). The van der Waals surface area contributed by atoms with E-state index in [0.717, 1.165) is 5.69 Å². The third-order valence-electron chi connectivity index (χ3n) is 2.98. The molecule has 0 bridgehead atoms. The molecule has 2 N–H and O–H groups in total. The molecule has 0 aliphatic heterocycles. The Hall–Kier alpha value is -2.87. The van der Waals surface area contributed by atoms with E-state index in [1.807, 2.05) is 30.3 Å². The molecule has 0 aliphatic carbocycles. The molecule has 21 heavy (non-hydrogen) atoms. The van der Waals surface area contributed by atoms with Gasteiger partial charge in [-0.3, -0.25) is 4.79 Å². The number of nitrogens with two attached hydrogens (primary N) is 1. The number of anilines is 2. The first kappa shape index (κ1) is 14.5. The zero-order chi connectivity index (χ0) is 15.2. The lowest BCUT2D eigenvalue weighted by Crippen LogP contribution is -2.32. The summed E-state index contributed by atoms with van der Waals surface area (Å²) in [6, 6.07) is 14.6. The molecule has 0 spiro atoms. The fourth-order valence-corrected chi connectivity index (χ4v) is 2.09. The molecule has 1 aromatic heterocycles. The number of nitriles is 1. The summed E-state index contributed by atoms with van der Waals surface area (Å²) in [4.78, 5) is 18.3. The zero-order valence-electron chi connectivity index (χ0n) is 11.8.